The van der Waals surface area contributed by atoms with Crippen molar-refractivity contribution in [3.05, 3.63) is 41.7 Å². The van der Waals surface area contributed by atoms with Gasteiger partial charge < -0.3 is 4.57 Å². The Labute approximate surface area is 128 Å². The minimum atomic E-state index is -4.46. The number of nitrogens with zero attached hydrogens (tertiary/aromatic N) is 4. The lowest BCUT2D eigenvalue weighted by Crippen LogP contribution is -2.07. The van der Waals surface area contributed by atoms with E-state index in [-0.39, 0.29) is 5.28 Å². The summed E-state index contributed by atoms with van der Waals surface area (Å²) in [5.74, 6) is 0. The highest BCUT2D eigenvalue weighted by Gasteiger charge is 2.32. The van der Waals surface area contributed by atoms with Crippen LogP contribution in [0.2, 0.25) is 5.28 Å². The Morgan fingerprint density at radius 1 is 1.18 bits per heavy atom. The van der Waals surface area contributed by atoms with Gasteiger partial charge in [-0.25, -0.2) is 9.97 Å². The van der Waals surface area contributed by atoms with Gasteiger partial charge in [0.25, 0.3) is 0 Å². The number of alkyl halides is 3. The molecule has 0 spiro atoms. The Morgan fingerprint density at radius 2 is 1.95 bits per heavy atom. The first-order chi connectivity index (χ1) is 10.4. The van der Waals surface area contributed by atoms with Gasteiger partial charge in [-0.15, -0.1) is 0 Å². The molecule has 0 saturated carbocycles. The predicted octanol–water partition coefficient (Wildman–Crippen LogP) is 4.19. The van der Waals surface area contributed by atoms with E-state index in [1.54, 1.807) is 12.4 Å². The standard InChI is InChI=1S/C14H10ClF3N4/c1-2-22-7-9(12-10(22)6-20-13(15)21-12)8-3-4-11(19-5-8)14(16,17)18/h3-7H,2H2,1H3. The molecule has 0 amide bonds. The second-order valence-corrected chi connectivity index (χ2v) is 4.97. The average molecular weight is 327 g/mol. The summed E-state index contributed by atoms with van der Waals surface area (Å²) >= 11 is 5.82. The van der Waals surface area contributed by atoms with Crippen molar-refractivity contribution in [2.45, 2.75) is 19.6 Å². The predicted molar refractivity (Wildman–Crippen MR) is 76.4 cm³/mol. The van der Waals surface area contributed by atoms with Gasteiger partial charge in [-0.2, -0.15) is 13.2 Å². The van der Waals surface area contributed by atoms with Crippen LogP contribution in [0.4, 0.5) is 13.2 Å². The smallest absolute Gasteiger partial charge is 0.345 e. The fourth-order valence-electron chi connectivity index (χ4n) is 2.24. The zero-order valence-electron chi connectivity index (χ0n) is 11.4. The molecule has 0 bridgehead atoms. The van der Waals surface area contributed by atoms with Gasteiger partial charge in [0.05, 0.1) is 11.7 Å². The van der Waals surface area contributed by atoms with Crippen LogP contribution in [0.25, 0.3) is 22.2 Å². The molecule has 3 heterocycles. The van der Waals surface area contributed by atoms with E-state index < -0.39 is 11.9 Å². The molecule has 0 saturated heterocycles. The third kappa shape index (κ3) is 2.52. The van der Waals surface area contributed by atoms with Gasteiger partial charge in [0, 0.05) is 30.1 Å². The first-order valence-electron chi connectivity index (χ1n) is 6.45. The molecule has 22 heavy (non-hydrogen) atoms. The highest BCUT2D eigenvalue weighted by molar-refractivity contribution is 6.28. The van der Waals surface area contributed by atoms with E-state index in [4.69, 9.17) is 11.6 Å². The number of pyridine rings is 1. The summed E-state index contributed by atoms with van der Waals surface area (Å²) < 4.78 is 39.6. The van der Waals surface area contributed by atoms with E-state index in [0.717, 1.165) is 11.6 Å². The highest BCUT2D eigenvalue weighted by atomic mass is 35.5. The number of rotatable bonds is 2. The quantitative estimate of drug-likeness (QED) is 0.663. The van der Waals surface area contributed by atoms with E-state index in [9.17, 15) is 13.2 Å². The van der Waals surface area contributed by atoms with E-state index in [1.807, 2.05) is 11.5 Å². The lowest BCUT2D eigenvalue weighted by atomic mass is 10.1. The molecule has 0 aliphatic carbocycles. The molecular formula is C14H10ClF3N4. The monoisotopic (exact) mass is 326 g/mol. The number of fused-ring (bicyclic) bond motifs is 1. The van der Waals surface area contributed by atoms with Crippen LogP contribution in [0.1, 0.15) is 12.6 Å². The van der Waals surface area contributed by atoms with Gasteiger partial charge in [-0.05, 0) is 24.6 Å². The summed E-state index contributed by atoms with van der Waals surface area (Å²) in [4.78, 5) is 11.6. The summed E-state index contributed by atoms with van der Waals surface area (Å²) in [5.41, 5.74) is 1.63. The third-order valence-electron chi connectivity index (χ3n) is 3.30. The lowest BCUT2D eigenvalue weighted by Gasteiger charge is -2.06. The SMILES string of the molecule is CCn1cc(-c2ccc(C(F)(F)F)nc2)c2nc(Cl)ncc21. The molecule has 3 aromatic heterocycles. The molecule has 3 aromatic rings. The lowest BCUT2D eigenvalue weighted by molar-refractivity contribution is -0.141. The van der Waals surface area contributed by atoms with Crippen LogP contribution >= 0.6 is 11.6 Å². The second-order valence-electron chi connectivity index (χ2n) is 4.63. The van der Waals surface area contributed by atoms with E-state index in [0.29, 0.717) is 23.2 Å². The number of halogens is 4. The van der Waals surface area contributed by atoms with Crippen molar-refractivity contribution in [3.63, 3.8) is 0 Å². The summed E-state index contributed by atoms with van der Waals surface area (Å²) in [6, 6.07) is 2.33. The number of aromatic nitrogens is 4. The van der Waals surface area contributed by atoms with Crippen molar-refractivity contribution in [2.24, 2.45) is 0 Å². The Hall–Kier alpha value is -2.15. The zero-order valence-corrected chi connectivity index (χ0v) is 12.2. The van der Waals surface area contributed by atoms with E-state index in [2.05, 4.69) is 15.0 Å². The Balaban J connectivity index is 2.15. The largest absolute Gasteiger partial charge is 0.433 e. The van der Waals surface area contributed by atoms with Crippen molar-refractivity contribution in [3.8, 4) is 11.1 Å². The molecule has 0 aromatic carbocycles. The maximum absolute atomic E-state index is 12.6. The average Bonchev–Trinajstić information content (AvgIpc) is 2.84. The highest BCUT2D eigenvalue weighted by Crippen LogP contribution is 2.32. The van der Waals surface area contributed by atoms with Crippen LogP contribution in [0.3, 0.4) is 0 Å². The van der Waals surface area contributed by atoms with Gasteiger partial charge in [0.2, 0.25) is 5.28 Å². The fourth-order valence-corrected chi connectivity index (χ4v) is 2.38. The van der Waals surface area contributed by atoms with Crippen molar-refractivity contribution in [1.82, 2.24) is 19.5 Å². The molecule has 8 heteroatoms. The molecule has 4 nitrogen and oxygen atoms in total. The normalized spacial score (nSPS) is 12.0. The first-order valence-corrected chi connectivity index (χ1v) is 6.83. The van der Waals surface area contributed by atoms with Crippen LogP contribution < -0.4 is 0 Å². The van der Waals surface area contributed by atoms with Gasteiger partial charge in [0.15, 0.2) is 0 Å². The number of aryl methyl sites for hydroxylation is 1. The number of hydrogen-bond donors (Lipinski definition) is 0. The molecule has 0 N–H and O–H groups in total. The molecule has 0 fully saturated rings. The van der Waals surface area contributed by atoms with Crippen molar-refractivity contribution >= 4 is 22.6 Å². The summed E-state index contributed by atoms with van der Waals surface area (Å²) in [6.07, 6.45) is 0.129. The third-order valence-corrected chi connectivity index (χ3v) is 3.48. The summed E-state index contributed by atoms with van der Waals surface area (Å²) in [6.45, 7) is 2.62. The van der Waals surface area contributed by atoms with Crippen LogP contribution in [0, 0.1) is 0 Å². The van der Waals surface area contributed by atoms with Gasteiger partial charge >= 0.3 is 6.18 Å². The molecule has 0 unspecified atom stereocenters. The maximum Gasteiger partial charge on any atom is 0.433 e. The maximum atomic E-state index is 12.6. The van der Waals surface area contributed by atoms with E-state index >= 15 is 0 Å². The van der Waals surface area contributed by atoms with Crippen LogP contribution in [0.15, 0.2) is 30.7 Å². The van der Waals surface area contributed by atoms with Crippen LogP contribution in [-0.4, -0.2) is 19.5 Å². The second kappa shape index (κ2) is 5.24. The Kier molecular flexibility index (Phi) is 3.52. The zero-order chi connectivity index (χ0) is 15.9. The summed E-state index contributed by atoms with van der Waals surface area (Å²) in [7, 11) is 0. The first kappa shape index (κ1) is 14.8. The Bertz CT molecular complexity index is 824. The van der Waals surface area contributed by atoms with Crippen molar-refractivity contribution in [1.29, 1.82) is 0 Å². The van der Waals surface area contributed by atoms with Crippen LogP contribution in [-0.2, 0) is 12.7 Å². The molecule has 0 aliphatic heterocycles. The molecular weight excluding hydrogens is 317 g/mol. The molecule has 0 atom stereocenters. The summed E-state index contributed by atoms with van der Waals surface area (Å²) in [5, 5.41) is 0.0856. The van der Waals surface area contributed by atoms with Gasteiger partial charge in [0.1, 0.15) is 11.2 Å². The minimum Gasteiger partial charge on any atom is -0.345 e. The molecule has 114 valence electrons. The van der Waals surface area contributed by atoms with Crippen molar-refractivity contribution in [2.75, 3.05) is 0 Å². The molecule has 0 radical (unpaired) electrons. The topological polar surface area (TPSA) is 43.6 Å². The molecule has 0 aliphatic rings. The minimum absolute atomic E-state index is 0.0856. The van der Waals surface area contributed by atoms with E-state index in [1.165, 1.54) is 12.3 Å². The molecule has 3 rings (SSSR count). The van der Waals surface area contributed by atoms with Gasteiger partial charge in [-0.1, -0.05) is 6.07 Å². The Morgan fingerprint density at radius 3 is 2.55 bits per heavy atom. The van der Waals surface area contributed by atoms with Crippen molar-refractivity contribution < 1.29 is 13.2 Å². The van der Waals surface area contributed by atoms with Gasteiger partial charge in [-0.3, -0.25) is 4.98 Å². The number of hydrogen-bond acceptors (Lipinski definition) is 3. The van der Waals surface area contributed by atoms with Crippen LogP contribution in [0.5, 0.6) is 0 Å². The fraction of sp³-hybridized carbons (Fsp3) is 0.214.